The van der Waals surface area contributed by atoms with Crippen LogP contribution in [0, 0.1) is 12.3 Å². The number of carbonyl (C=O) groups is 1. The number of thioether (sulfide) groups is 1. The van der Waals surface area contributed by atoms with Crippen molar-refractivity contribution < 1.29 is 14.6 Å². The normalized spacial score (nSPS) is 10.4. The SMILES string of the molecule is C#CCn1c(CO)cnc1SCc1nc(C(=O)OCC)cs1. The van der Waals surface area contributed by atoms with Crippen molar-refractivity contribution in [3.8, 4) is 12.3 Å². The third-order valence-electron chi connectivity index (χ3n) is 2.67. The van der Waals surface area contributed by atoms with Gasteiger partial charge in [-0.3, -0.25) is 0 Å². The third-order valence-corrected chi connectivity index (χ3v) is 4.71. The number of thiazole rings is 1. The maximum absolute atomic E-state index is 11.6. The van der Waals surface area contributed by atoms with E-state index >= 15 is 0 Å². The molecule has 2 aromatic rings. The standard InChI is InChI=1S/C14H15N3O3S2/c1-3-5-17-10(7-18)6-15-14(17)22-9-12-16-11(8-21-12)13(19)20-4-2/h1,6,8,18H,4-5,7,9H2,2H3. The molecule has 1 N–H and O–H groups in total. The number of carbonyl (C=O) groups excluding carboxylic acids is 1. The first-order valence-corrected chi connectivity index (χ1v) is 8.39. The van der Waals surface area contributed by atoms with Gasteiger partial charge in [0.2, 0.25) is 0 Å². The van der Waals surface area contributed by atoms with Gasteiger partial charge in [0.15, 0.2) is 10.9 Å². The van der Waals surface area contributed by atoms with Crippen LogP contribution < -0.4 is 0 Å². The van der Waals surface area contributed by atoms with Crippen LogP contribution in [-0.2, 0) is 23.6 Å². The summed E-state index contributed by atoms with van der Waals surface area (Å²) in [5.41, 5.74) is 0.997. The first kappa shape index (κ1) is 16.5. The zero-order valence-electron chi connectivity index (χ0n) is 12.0. The van der Waals surface area contributed by atoms with Crippen molar-refractivity contribution >= 4 is 29.1 Å². The second-order valence-electron chi connectivity index (χ2n) is 4.12. The van der Waals surface area contributed by atoms with E-state index in [-0.39, 0.29) is 6.61 Å². The summed E-state index contributed by atoms with van der Waals surface area (Å²) in [6.07, 6.45) is 6.94. The summed E-state index contributed by atoms with van der Waals surface area (Å²) in [7, 11) is 0. The van der Waals surface area contributed by atoms with Gasteiger partial charge in [-0.1, -0.05) is 17.7 Å². The number of ether oxygens (including phenoxy) is 1. The number of aliphatic hydroxyl groups is 1. The summed E-state index contributed by atoms with van der Waals surface area (Å²) in [6, 6.07) is 0. The minimum absolute atomic E-state index is 0.112. The topological polar surface area (TPSA) is 77.2 Å². The predicted molar refractivity (Wildman–Crippen MR) is 84.6 cm³/mol. The van der Waals surface area contributed by atoms with Gasteiger partial charge >= 0.3 is 5.97 Å². The van der Waals surface area contributed by atoms with E-state index in [9.17, 15) is 9.90 Å². The highest BCUT2D eigenvalue weighted by Gasteiger charge is 2.13. The molecule has 0 unspecified atom stereocenters. The van der Waals surface area contributed by atoms with E-state index < -0.39 is 5.97 Å². The second-order valence-corrected chi connectivity index (χ2v) is 6.00. The first-order chi connectivity index (χ1) is 10.7. The number of rotatable bonds is 7. The van der Waals surface area contributed by atoms with Gasteiger partial charge in [0.25, 0.3) is 0 Å². The lowest BCUT2D eigenvalue weighted by atomic mass is 10.5. The number of hydrogen-bond acceptors (Lipinski definition) is 7. The molecule has 0 amide bonds. The molecule has 2 aromatic heterocycles. The first-order valence-electron chi connectivity index (χ1n) is 6.52. The Labute approximate surface area is 136 Å². The van der Waals surface area contributed by atoms with Crippen LogP contribution in [0.2, 0.25) is 0 Å². The fourth-order valence-electron chi connectivity index (χ4n) is 1.70. The van der Waals surface area contributed by atoms with Gasteiger partial charge < -0.3 is 14.4 Å². The Morgan fingerprint density at radius 1 is 1.64 bits per heavy atom. The molecule has 0 aliphatic heterocycles. The highest BCUT2D eigenvalue weighted by Crippen LogP contribution is 2.25. The van der Waals surface area contributed by atoms with E-state index in [1.807, 2.05) is 0 Å². The summed E-state index contributed by atoms with van der Waals surface area (Å²) in [5, 5.41) is 12.5. The van der Waals surface area contributed by atoms with Crippen molar-refractivity contribution in [3.05, 3.63) is 28.0 Å². The van der Waals surface area contributed by atoms with Gasteiger partial charge in [-0.15, -0.1) is 17.8 Å². The van der Waals surface area contributed by atoms with Crippen LogP contribution >= 0.6 is 23.1 Å². The van der Waals surface area contributed by atoms with E-state index in [0.717, 1.165) is 10.2 Å². The van der Waals surface area contributed by atoms with Gasteiger partial charge in [0.05, 0.1) is 37.4 Å². The molecule has 2 rings (SSSR count). The van der Waals surface area contributed by atoms with Crippen LogP contribution in [-0.4, -0.2) is 32.2 Å². The molecule has 22 heavy (non-hydrogen) atoms. The van der Waals surface area contributed by atoms with Gasteiger partial charge in [-0.05, 0) is 6.92 Å². The van der Waals surface area contributed by atoms with Crippen molar-refractivity contribution in [2.24, 2.45) is 0 Å². The Kier molecular flexibility index (Phi) is 6.00. The van der Waals surface area contributed by atoms with Gasteiger partial charge in [-0.25, -0.2) is 14.8 Å². The van der Waals surface area contributed by atoms with Crippen LogP contribution in [0.15, 0.2) is 16.7 Å². The lowest BCUT2D eigenvalue weighted by Gasteiger charge is -2.05. The summed E-state index contributed by atoms with van der Waals surface area (Å²) in [4.78, 5) is 20.1. The van der Waals surface area contributed by atoms with Gasteiger partial charge in [-0.2, -0.15) is 0 Å². The van der Waals surface area contributed by atoms with Crippen LogP contribution in [0.1, 0.15) is 28.1 Å². The number of nitrogens with zero attached hydrogens (tertiary/aromatic N) is 3. The fraction of sp³-hybridized carbons (Fsp3) is 0.357. The molecule has 8 heteroatoms. The molecule has 2 heterocycles. The van der Waals surface area contributed by atoms with E-state index in [4.69, 9.17) is 11.2 Å². The van der Waals surface area contributed by atoms with Crippen molar-refractivity contribution in [2.75, 3.05) is 6.61 Å². The zero-order chi connectivity index (χ0) is 15.9. The quantitative estimate of drug-likeness (QED) is 0.473. The average molecular weight is 337 g/mol. The molecule has 0 saturated heterocycles. The molecule has 0 bridgehead atoms. The summed E-state index contributed by atoms with van der Waals surface area (Å²) in [5.74, 6) is 2.70. The molecule has 0 saturated carbocycles. The number of esters is 1. The van der Waals surface area contributed by atoms with E-state index in [1.54, 1.807) is 23.1 Å². The van der Waals surface area contributed by atoms with Crippen molar-refractivity contribution in [1.82, 2.24) is 14.5 Å². The fourth-order valence-corrected chi connectivity index (χ4v) is 3.47. The maximum Gasteiger partial charge on any atom is 0.357 e. The molecule has 0 spiro atoms. The summed E-state index contributed by atoms with van der Waals surface area (Å²) < 4.78 is 6.69. The summed E-state index contributed by atoms with van der Waals surface area (Å²) >= 11 is 2.85. The van der Waals surface area contributed by atoms with Gasteiger partial charge in [0.1, 0.15) is 5.01 Å². The van der Waals surface area contributed by atoms with E-state index in [0.29, 0.717) is 30.3 Å². The van der Waals surface area contributed by atoms with E-state index in [2.05, 4.69) is 15.9 Å². The van der Waals surface area contributed by atoms with Crippen molar-refractivity contribution in [2.45, 2.75) is 31.0 Å². The average Bonchev–Trinajstić information content (AvgIpc) is 3.13. The van der Waals surface area contributed by atoms with Crippen LogP contribution in [0.5, 0.6) is 0 Å². The lowest BCUT2D eigenvalue weighted by Crippen LogP contribution is -2.05. The molecule has 0 aromatic carbocycles. The molecule has 0 radical (unpaired) electrons. The second kappa shape index (κ2) is 7.98. The zero-order valence-corrected chi connectivity index (χ0v) is 13.6. The third kappa shape index (κ3) is 3.88. The molecule has 116 valence electrons. The number of aliphatic hydroxyl groups excluding tert-OH is 1. The number of aromatic nitrogens is 3. The minimum Gasteiger partial charge on any atom is -0.461 e. The molecular weight excluding hydrogens is 322 g/mol. The van der Waals surface area contributed by atoms with Crippen molar-refractivity contribution in [1.29, 1.82) is 0 Å². The monoisotopic (exact) mass is 337 g/mol. The molecular formula is C14H15N3O3S2. The Balaban J connectivity index is 2.03. The maximum atomic E-state index is 11.6. The smallest absolute Gasteiger partial charge is 0.357 e. The highest BCUT2D eigenvalue weighted by atomic mass is 32.2. The minimum atomic E-state index is -0.411. The summed E-state index contributed by atoms with van der Waals surface area (Å²) in [6.45, 7) is 2.32. The molecule has 6 nitrogen and oxygen atoms in total. The number of imidazole rings is 1. The molecule has 0 aliphatic carbocycles. The van der Waals surface area contributed by atoms with E-state index in [1.165, 1.54) is 23.1 Å². The predicted octanol–water partition coefficient (Wildman–Crippen LogP) is 1.93. The van der Waals surface area contributed by atoms with Crippen molar-refractivity contribution in [3.63, 3.8) is 0 Å². The van der Waals surface area contributed by atoms with Crippen LogP contribution in [0.3, 0.4) is 0 Å². The Bertz CT molecular complexity index is 688. The number of hydrogen-bond donors (Lipinski definition) is 1. The largest absolute Gasteiger partial charge is 0.461 e. The Morgan fingerprint density at radius 3 is 3.14 bits per heavy atom. The van der Waals surface area contributed by atoms with Crippen LogP contribution in [0.4, 0.5) is 0 Å². The van der Waals surface area contributed by atoms with Crippen LogP contribution in [0.25, 0.3) is 0 Å². The molecule has 0 atom stereocenters. The lowest BCUT2D eigenvalue weighted by molar-refractivity contribution is 0.0520. The van der Waals surface area contributed by atoms with Gasteiger partial charge in [0, 0.05) is 5.38 Å². The Morgan fingerprint density at radius 2 is 2.45 bits per heavy atom. The molecule has 0 fully saturated rings. The Hall–Kier alpha value is -1.82. The molecule has 0 aliphatic rings. The number of terminal acetylenes is 1. The highest BCUT2D eigenvalue weighted by molar-refractivity contribution is 7.98.